The summed E-state index contributed by atoms with van der Waals surface area (Å²) in [4.78, 5) is 0. The SMILES string of the molecule is C=C1CC[C@]2(C)C(C)(C)CCC[C@]2(C)C1CCO. The highest BCUT2D eigenvalue weighted by atomic mass is 16.3. The summed E-state index contributed by atoms with van der Waals surface area (Å²) in [5.41, 5.74) is 2.52. The first-order chi connectivity index (χ1) is 8.28. The Morgan fingerprint density at radius 1 is 1.17 bits per heavy atom. The van der Waals surface area contributed by atoms with Gasteiger partial charge in [0.25, 0.3) is 0 Å². The number of allylic oxidation sites excluding steroid dienone is 1. The van der Waals surface area contributed by atoms with Crippen LogP contribution in [0.1, 0.15) is 66.2 Å². The fourth-order valence-electron chi connectivity index (χ4n) is 5.09. The van der Waals surface area contributed by atoms with Crippen LogP contribution in [0.25, 0.3) is 0 Å². The zero-order valence-corrected chi connectivity index (χ0v) is 12.7. The van der Waals surface area contributed by atoms with Crippen molar-refractivity contribution in [2.45, 2.75) is 66.2 Å². The van der Waals surface area contributed by atoms with Gasteiger partial charge in [-0.25, -0.2) is 0 Å². The number of hydrogen-bond acceptors (Lipinski definition) is 1. The van der Waals surface area contributed by atoms with E-state index in [0.29, 0.717) is 28.8 Å². The van der Waals surface area contributed by atoms with Crippen LogP contribution in [0.2, 0.25) is 0 Å². The largest absolute Gasteiger partial charge is 0.396 e. The molecule has 0 heterocycles. The predicted octanol–water partition coefficient (Wildman–Crippen LogP) is 4.56. The molecular weight excluding hydrogens is 220 g/mol. The van der Waals surface area contributed by atoms with E-state index >= 15 is 0 Å². The highest BCUT2D eigenvalue weighted by Crippen LogP contribution is 2.68. The number of hydrogen-bond donors (Lipinski definition) is 1. The van der Waals surface area contributed by atoms with E-state index in [1.807, 2.05) is 0 Å². The van der Waals surface area contributed by atoms with Gasteiger partial charge in [-0.3, -0.25) is 0 Å². The summed E-state index contributed by atoms with van der Waals surface area (Å²) in [6.07, 6.45) is 7.31. The topological polar surface area (TPSA) is 20.2 Å². The molecule has 1 unspecified atom stereocenters. The summed E-state index contributed by atoms with van der Waals surface area (Å²) in [5.74, 6) is 0.515. The van der Waals surface area contributed by atoms with Gasteiger partial charge in [-0.05, 0) is 54.3 Å². The van der Waals surface area contributed by atoms with Crippen molar-refractivity contribution in [1.29, 1.82) is 0 Å². The van der Waals surface area contributed by atoms with E-state index < -0.39 is 0 Å². The lowest BCUT2D eigenvalue weighted by molar-refractivity contribution is -0.138. The highest BCUT2D eigenvalue weighted by Gasteiger charge is 2.60. The van der Waals surface area contributed by atoms with E-state index in [1.165, 1.54) is 31.3 Å². The van der Waals surface area contributed by atoms with Crippen molar-refractivity contribution >= 4 is 0 Å². The van der Waals surface area contributed by atoms with Crippen LogP contribution in [0, 0.1) is 22.2 Å². The van der Waals surface area contributed by atoms with Crippen LogP contribution in [0.3, 0.4) is 0 Å². The summed E-state index contributed by atoms with van der Waals surface area (Å²) in [6, 6.07) is 0. The molecule has 1 nitrogen and oxygen atoms in total. The molecule has 2 aliphatic rings. The van der Waals surface area contributed by atoms with Gasteiger partial charge in [0.1, 0.15) is 0 Å². The average molecular weight is 250 g/mol. The first-order valence-electron chi connectivity index (χ1n) is 7.57. The lowest BCUT2D eigenvalue weighted by Gasteiger charge is -2.65. The second-order valence-electron chi connectivity index (χ2n) is 7.71. The molecule has 1 heteroatoms. The van der Waals surface area contributed by atoms with Crippen LogP contribution in [0.5, 0.6) is 0 Å². The van der Waals surface area contributed by atoms with Crippen LogP contribution in [-0.2, 0) is 0 Å². The Bertz CT molecular complexity index is 344. The summed E-state index contributed by atoms with van der Waals surface area (Å²) in [6.45, 7) is 14.5. The van der Waals surface area contributed by atoms with E-state index in [1.54, 1.807) is 0 Å². The molecule has 2 fully saturated rings. The Morgan fingerprint density at radius 2 is 1.83 bits per heavy atom. The van der Waals surface area contributed by atoms with Crippen molar-refractivity contribution < 1.29 is 5.11 Å². The van der Waals surface area contributed by atoms with Crippen LogP contribution >= 0.6 is 0 Å². The quantitative estimate of drug-likeness (QED) is 0.712. The number of rotatable bonds is 2. The van der Waals surface area contributed by atoms with Crippen molar-refractivity contribution in [2.24, 2.45) is 22.2 Å². The third-order valence-corrected chi connectivity index (χ3v) is 6.88. The molecule has 0 radical (unpaired) electrons. The molecule has 0 aromatic rings. The van der Waals surface area contributed by atoms with Crippen molar-refractivity contribution in [3.63, 3.8) is 0 Å². The second-order valence-corrected chi connectivity index (χ2v) is 7.71. The zero-order chi connectivity index (χ0) is 13.6. The fraction of sp³-hybridized carbons (Fsp3) is 0.882. The third-order valence-electron chi connectivity index (χ3n) is 6.88. The van der Waals surface area contributed by atoms with E-state index in [-0.39, 0.29) is 0 Å². The number of aliphatic hydroxyl groups excluding tert-OH is 1. The molecule has 104 valence electrons. The molecule has 18 heavy (non-hydrogen) atoms. The second kappa shape index (κ2) is 4.37. The highest BCUT2D eigenvalue weighted by molar-refractivity contribution is 5.19. The number of fused-ring (bicyclic) bond motifs is 1. The normalized spacial score (nSPS) is 43.6. The van der Waals surface area contributed by atoms with E-state index in [2.05, 4.69) is 34.3 Å². The van der Waals surface area contributed by atoms with Gasteiger partial charge in [-0.15, -0.1) is 0 Å². The minimum Gasteiger partial charge on any atom is -0.396 e. The molecule has 0 spiro atoms. The van der Waals surface area contributed by atoms with E-state index in [4.69, 9.17) is 0 Å². The Morgan fingerprint density at radius 3 is 2.44 bits per heavy atom. The summed E-state index contributed by atoms with van der Waals surface area (Å²) < 4.78 is 0. The van der Waals surface area contributed by atoms with Gasteiger partial charge in [0.2, 0.25) is 0 Å². The Hall–Kier alpha value is -0.300. The molecule has 0 aromatic heterocycles. The van der Waals surface area contributed by atoms with Crippen molar-refractivity contribution in [2.75, 3.05) is 6.61 Å². The molecule has 1 N–H and O–H groups in total. The number of aliphatic hydroxyl groups is 1. The minimum absolute atomic E-state index is 0.301. The van der Waals surface area contributed by atoms with Crippen LogP contribution in [-0.4, -0.2) is 11.7 Å². The van der Waals surface area contributed by atoms with E-state index in [9.17, 15) is 5.11 Å². The van der Waals surface area contributed by atoms with Gasteiger partial charge in [-0.1, -0.05) is 46.3 Å². The van der Waals surface area contributed by atoms with Crippen molar-refractivity contribution in [1.82, 2.24) is 0 Å². The lowest BCUT2D eigenvalue weighted by Crippen LogP contribution is -2.57. The van der Waals surface area contributed by atoms with Crippen molar-refractivity contribution in [3.05, 3.63) is 12.2 Å². The van der Waals surface area contributed by atoms with Crippen LogP contribution in [0.4, 0.5) is 0 Å². The van der Waals surface area contributed by atoms with Crippen molar-refractivity contribution in [3.8, 4) is 0 Å². The Labute approximate surface area is 113 Å². The summed E-state index contributed by atoms with van der Waals surface area (Å²) >= 11 is 0. The summed E-state index contributed by atoms with van der Waals surface area (Å²) in [7, 11) is 0. The molecule has 0 saturated heterocycles. The minimum atomic E-state index is 0.301. The molecule has 2 rings (SSSR count). The molecule has 3 atom stereocenters. The van der Waals surface area contributed by atoms with Gasteiger partial charge >= 0.3 is 0 Å². The van der Waals surface area contributed by atoms with Gasteiger partial charge in [0.15, 0.2) is 0 Å². The van der Waals surface area contributed by atoms with Gasteiger partial charge in [0, 0.05) is 6.61 Å². The van der Waals surface area contributed by atoms with Crippen LogP contribution in [0.15, 0.2) is 12.2 Å². The standard InChI is InChI=1S/C17H30O/c1-13-7-11-17(5)15(2,3)9-6-10-16(17,4)14(13)8-12-18/h14,18H,1,6-12H2,2-5H3/t14?,16-,17-/m1/s1. The predicted molar refractivity (Wildman–Crippen MR) is 77.4 cm³/mol. The molecular formula is C17H30O. The summed E-state index contributed by atoms with van der Waals surface area (Å²) in [5, 5.41) is 9.41. The first kappa shape index (κ1) is 14.1. The zero-order valence-electron chi connectivity index (χ0n) is 12.7. The van der Waals surface area contributed by atoms with Gasteiger partial charge in [-0.2, -0.15) is 0 Å². The van der Waals surface area contributed by atoms with Gasteiger partial charge in [0.05, 0.1) is 0 Å². The molecule has 0 aromatic carbocycles. The van der Waals surface area contributed by atoms with Crippen LogP contribution < -0.4 is 0 Å². The maximum atomic E-state index is 9.41. The van der Waals surface area contributed by atoms with Gasteiger partial charge < -0.3 is 5.11 Å². The smallest absolute Gasteiger partial charge is 0.0436 e. The molecule has 0 amide bonds. The van der Waals surface area contributed by atoms with E-state index in [0.717, 1.165) is 12.8 Å². The third kappa shape index (κ3) is 1.70. The molecule has 2 aliphatic carbocycles. The molecule has 0 aliphatic heterocycles. The lowest BCUT2D eigenvalue weighted by atomic mass is 9.39. The fourth-order valence-corrected chi connectivity index (χ4v) is 5.09. The maximum absolute atomic E-state index is 9.41. The monoisotopic (exact) mass is 250 g/mol. The Balaban J connectivity index is 2.43. The maximum Gasteiger partial charge on any atom is 0.0436 e. The Kier molecular flexibility index (Phi) is 3.43. The first-order valence-corrected chi connectivity index (χ1v) is 7.57. The molecule has 2 saturated carbocycles. The average Bonchev–Trinajstić information content (AvgIpc) is 2.28. The molecule has 0 bridgehead atoms.